The number of rotatable bonds is 5. The maximum Gasteiger partial charge on any atom is 0.147 e. The molecule has 0 spiro atoms. The first kappa shape index (κ1) is 14.7. The SMILES string of the molecule is C[C@H](O)CN1CCC(CNc2ncnc3ccsc23)CC1. The summed E-state index contributed by atoms with van der Waals surface area (Å²) in [5.41, 5.74) is 1.02. The maximum atomic E-state index is 9.44. The molecule has 114 valence electrons. The number of aromatic nitrogens is 2. The quantitative estimate of drug-likeness (QED) is 0.887. The highest BCUT2D eigenvalue weighted by molar-refractivity contribution is 7.17. The fourth-order valence-corrected chi connectivity index (χ4v) is 3.71. The summed E-state index contributed by atoms with van der Waals surface area (Å²) < 4.78 is 1.14. The number of aliphatic hydroxyl groups is 1. The minimum atomic E-state index is -0.229. The highest BCUT2D eigenvalue weighted by Gasteiger charge is 2.20. The average molecular weight is 306 g/mol. The van der Waals surface area contributed by atoms with E-state index in [1.165, 1.54) is 12.8 Å². The number of anilines is 1. The molecule has 0 aromatic carbocycles. The largest absolute Gasteiger partial charge is 0.392 e. The van der Waals surface area contributed by atoms with Gasteiger partial charge in [0.2, 0.25) is 0 Å². The van der Waals surface area contributed by atoms with Crippen molar-refractivity contribution in [3.05, 3.63) is 17.8 Å². The summed E-state index contributed by atoms with van der Waals surface area (Å²) in [5.74, 6) is 1.64. The lowest BCUT2D eigenvalue weighted by atomic mass is 9.96. The smallest absolute Gasteiger partial charge is 0.147 e. The number of hydrogen-bond donors (Lipinski definition) is 2. The zero-order valence-electron chi connectivity index (χ0n) is 12.3. The third-order valence-corrected chi connectivity index (χ3v) is 4.94. The third kappa shape index (κ3) is 3.70. The second kappa shape index (κ2) is 6.68. The first-order valence-electron chi connectivity index (χ1n) is 7.55. The first-order chi connectivity index (χ1) is 10.2. The summed E-state index contributed by atoms with van der Waals surface area (Å²) >= 11 is 1.68. The van der Waals surface area contributed by atoms with Gasteiger partial charge in [0.05, 0.1) is 16.3 Å². The average Bonchev–Trinajstić information content (AvgIpc) is 2.95. The molecule has 0 unspecified atom stereocenters. The zero-order valence-corrected chi connectivity index (χ0v) is 13.1. The topological polar surface area (TPSA) is 61.3 Å². The number of fused-ring (bicyclic) bond motifs is 1. The Bertz CT molecular complexity index is 578. The van der Waals surface area contributed by atoms with E-state index >= 15 is 0 Å². The van der Waals surface area contributed by atoms with Crippen molar-refractivity contribution in [3.63, 3.8) is 0 Å². The zero-order chi connectivity index (χ0) is 14.7. The van der Waals surface area contributed by atoms with Gasteiger partial charge in [0.1, 0.15) is 12.1 Å². The van der Waals surface area contributed by atoms with Crippen molar-refractivity contribution >= 4 is 27.4 Å². The van der Waals surface area contributed by atoms with Gasteiger partial charge in [-0.2, -0.15) is 0 Å². The summed E-state index contributed by atoms with van der Waals surface area (Å²) in [6, 6.07) is 2.03. The third-order valence-electron chi connectivity index (χ3n) is 4.03. The molecule has 0 aliphatic carbocycles. The van der Waals surface area contributed by atoms with Crippen molar-refractivity contribution in [2.24, 2.45) is 5.92 Å². The number of β-amino-alcohol motifs (C(OH)–C–C–N with tert-alkyl or cyclic N) is 1. The van der Waals surface area contributed by atoms with Crippen molar-refractivity contribution in [3.8, 4) is 0 Å². The molecule has 21 heavy (non-hydrogen) atoms. The van der Waals surface area contributed by atoms with E-state index < -0.39 is 0 Å². The van der Waals surface area contributed by atoms with Gasteiger partial charge in [-0.25, -0.2) is 9.97 Å². The van der Waals surface area contributed by atoms with Crippen molar-refractivity contribution in [1.82, 2.24) is 14.9 Å². The van der Waals surface area contributed by atoms with E-state index in [4.69, 9.17) is 0 Å². The van der Waals surface area contributed by atoms with Gasteiger partial charge in [-0.1, -0.05) is 0 Å². The summed E-state index contributed by atoms with van der Waals surface area (Å²) in [6.07, 6.45) is 3.76. The standard InChI is InChI=1S/C15H22N4OS/c1-11(20)9-19-5-2-12(3-6-19)8-16-15-14-13(4-7-21-14)17-10-18-15/h4,7,10-12,20H,2-3,5-6,8-9H2,1H3,(H,16,17,18)/t11-/m0/s1. The maximum absolute atomic E-state index is 9.44. The Labute approximate surface area is 129 Å². The van der Waals surface area contributed by atoms with Gasteiger partial charge >= 0.3 is 0 Å². The number of nitrogens with zero attached hydrogens (tertiary/aromatic N) is 3. The minimum Gasteiger partial charge on any atom is -0.392 e. The summed E-state index contributed by atoms with van der Waals surface area (Å²) in [7, 11) is 0. The van der Waals surface area contributed by atoms with Gasteiger partial charge in [-0.15, -0.1) is 11.3 Å². The van der Waals surface area contributed by atoms with Crippen LogP contribution in [-0.4, -0.2) is 52.3 Å². The van der Waals surface area contributed by atoms with E-state index in [1.54, 1.807) is 17.7 Å². The van der Waals surface area contributed by atoms with E-state index in [2.05, 4.69) is 25.6 Å². The molecule has 3 rings (SSSR count). The van der Waals surface area contributed by atoms with Gasteiger partial charge in [-0.05, 0) is 50.2 Å². The van der Waals surface area contributed by atoms with Crippen LogP contribution in [0.15, 0.2) is 17.8 Å². The molecule has 5 nitrogen and oxygen atoms in total. The van der Waals surface area contributed by atoms with E-state index in [1.807, 2.05) is 13.0 Å². The van der Waals surface area contributed by atoms with Crippen LogP contribution >= 0.6 is 11.3 Å². The Morgan fingerprint density at radius 1 is 1.43 bits per heavy atom. The van der Waals surface area contributed by atoms with Crippen LogP contribution in [-0.2, 0) is 0 Å². The number of aliphatic hydroxyl groups excluding tert-OH is 1. The number of nitrogens with one attached hydrogen (secondary N) is 1. The number of thiophene rings is 1. The van der Waals surface area contributed by atoms with Crippen LogP contribution in [0.2, 0.25) is 0 Å². The molecular formula is C15H22N4OS. The number of piperidine rings is 1. The predicted molar refractivity (Wildman–Crippen MR) is 86.7 cm³/mol. The molecule has 1 fully saturated rings. The lowest BCUT2D eigenvalue weighted by molar-refractivity contribution is 0.102. The Balaban J connectivity index is 1.51. The molecule has 2 aromatic heterocycles. The Morgan fingerprint density at radius 3 is 3.00 bits per heavy atom. The molecular weight excluding hydrogens is 284 g/mol. The van der Waals surface area contributed by atoms with E-state index in [0.29, 0.717) is 5.92 Å². The first-order valence-corrected chi connectivity index (χ1v) is 8.43. The fourth-order valence-electron chi connectivity index (χ4n) is 2.90. The second-order valence-corrected chi connectivity index (χ2v) is 6.75. The van der Waals surface area contributed by atoms with E-state index in [-0.39, 0.29) is 6.10 Å². The van der Waals surface area contributed by atoms with Crippen LogP contribution in [0.1, 0.15) is 19.8 Å². The molecule has 2 N–H and O–H groups in total. The molecule has 0 amide bonds. The Hall–Kier alpha value is -1.24. The molecule has 0 saturated carbocycles. The molecule has 1 aliphatic heterocycles. The minimum absolute atomic E-state index is 0.229. The van der Waals surface area contributed by atoms with Crippen LogP contribution in [0.25, 0.3) is 10.2 Å². The van der Waals surface area contributed by atoms with Gasteiger partial charge < -0.3 is 15.3 Å². The van der Waals surface area contributed by atoms with E-state index in [9.17, 15) is 5.11 Å². The van der Waals surface area contributed by atoms with Crippen LogP contribution in [0.5, 0.6) is 0 Å². The predicted octanol–water partition coefficient (Wildman–Crippen LogP) is 2.20. The second-order valence-electron chi connectivity index (χ2n) is 5.83. The molecule has 1 atom stereocenters. The lowest BCUT2D eigenvalue weighted by Crippen LogP contribution is -2.39. The molecule has 1 aliphatic rings. The number of hydrogen-bond acceptors (Lipinski definition) is 6. The van der Waals surface area contributed by atoms with Crippen molar-refractivity contribution in [1.29, 1.82) is 0 Å². The monoisotopic (exact) mass is 306 g/mol. The lowest BCUT2D eigenvalue weighted by Gasteiger charge is -2.32. The molecule has 3 heterocycles. The van der Waals surface area contributed by atoms with Gasteiger partial charge in [0.25, 0.3) is 0 Å². The molecule has 1 saturated heterocycles. The fraction of sp³-hybridized carbons (Fsp3) is 0.600. The normalized spacial score (nSPS) is 19.0. The van der Waals surface area contributed by atoms with Crippen LogP contribution in [0, 0.1) is 5.92 Å². The molecule has 2 aromatic rings. The van der Waals surface area contributed by atoms with E-state index in [0.717, 1.165) is 42.2 Å². The molecule has 0 radical (unpaired) electrons. The number of likely N-dealkylation sites (tertiary alicyclic amines) is 1. The Morgan fingerprint density at radius 2 is 2.24 bits per heavy atom. The summed E-state index contributed by atoms with van der Waals surface area (Å²) in [6.45, 7) is 5.77. The Kier molecular flexibility index (Phi) is 4.67. The summed E-state index contributed by atoms with van der Waals surface area (Å²) in [4.78, 5) is 11.0. The van der Waals surface area contributed by atoms with Gasteiger partial charge in [0.15, 0.2) is 0 Å². The summed E-state index contributed by atoms with van der Waals surface area (Å²) in [5, 5.41) is 15.0. The highest BCUT2D eigenvalue weighted by atomic mass is 32.1. The van der Waals surface area contributed by atoms with Crippen molar-refractivity contribution < 1.29 is 5.11 Å². The van der Waals surface area contributed by atoms with Gasteiger partial charge in [0, 0.05) is 13.1 Å². The molecule has 0 bridgehead atoms. The van der Waals surface area contributed by atoms with Crippen LogP contribution in [0.4, 0.5) is 5.82 Å². The molecule has 6 heteroatoms. The van der Waals surface area contributed by atoms with Crippen LogP contribution in [0.3, 0.4) is 0 Å². The van der Waals surface area contributed by atoms with Crippen molar-refractivity contribution in [2.75, 3.05) is 31.5 Å². The highest BCUT2D eigenvalue weighted by Crippen LogP contribution is 2.26. The van der Waals surface area contributed by atoms with Crippen molar-refractivity contribution in [2.45, 2.75) is 25.9 Å². The van der Waals surface area contributed by atoms with Crippen LogP contribution < -0.4 is 5.32 Å². The van der Waals surface area contributed by atoms with Gasteiger partial charge in [-0.3, -0.25) is 0 Å².